The molecule has 1 aromatic heterocycles. The molecule has 0 bridgehead atoms. The Bertz CT molecular complexity index is 818. The molecule has 5 nitrogen and oxygen atoms in total. The lowest BCUT2D eigenvalue weighted by Crippen LogP contribution is -2.54. The number of likely N-dealkylation sites (tertiary alicyclic amines) is 1. The van der Waals surface area contributed by atoms with E-state index >= 15 is 0 Å². The number of piperidine rings is 1. The monoisotopic (exact) mass is 380 g/mol. The van der Waals surface area contributed by atoms with Crippen LogP contribution in [0.25, 0.3) is 5.69 Å². The van der Waals surface area contributed by atoms with Crippen LogP contribution in [0, 0.1) is 25.1 Å². The van der Waals surface area contributed by atoms with Gasteiger partial charge >= 0.3 is 0 Å². The van der Waals surface area contributed by atoms with Crippen molar-refractivity contribution >= 4 is 18.3 Å². The van der Waals surface area contributed by atoms with Crippen molar-refractivity contribution in [3.05, 3.63) is 47.0 Å². The van der Waals surface area contributed by atoms with E-state index in [9.17, 15) is 9.18 Å². The fourth-order valence-corrected chi connectivity index (χ4v) is 3.41. The molecule has 7 heteroatoms. The minimum atomic E-state index is -0.454. The minimum absolute atomic E-state index is 0. The first-order valence-electron chi connectivity index (χ1n) is 8.57. The molecule has 1 aliphatic heterocycles. The van der Waals surface area contributed by atoms with Crippen molar-refractivity contribution in [2.24, 2.45) is 11.1 Å². The molecule has 2 heterocycles. The van der Waals surface area contributed by atoms with E-state index in [2.05, 4.69) is 18.9 Å². The Kier molecular flexibility index (Phi) is 5.78. The summed E-state index contributed by atoms with van der Waals surface area (Å²) in [5.41, 5.74) is 8.37. The quantitative estimate of drug-likeness (QED) is 0.869. The summed E-state index contributed by atoms with van der Waals surface area (Å²) in [7, 11) is 0. The van der Waals surface area contributed by atoms with Crippen molar-refractivity contribution in [2.75, 3.05) is 13.1 Å². The van der Waals surface area contributed by atoms with E-state index in [4.69, 9.17) is 5.73 Å². The summed E-state index contributed by atoms with van der Waals surface area (Å²) < 4.78 is 16.2. The van der Waals surface area contributed by atoms with Gasteiger partial charge in [-0.2, -0.15) is 5.10 Å². The summed E-state index contributed by atoms with van der Waals surface area (Å²) in [6, 6.07) is 6.54. The first kappa shape index (κ1) is 20.4. The van der Waals surface area contributed by atoms with Gasteiger partial charge in [0, 0.05) is 30.4 Å². The number of carbonyl (C=O) groups is 1. The average molecular weight is 381 g/mol. The Morgan fingerprint density at radius 2 is 2.00 bits per heavy atom. The topological polar surface area (TPSA) is 64.2 Å². The van der Waals surface area contributed by atoms with Crippen LogP contribution in [-0.4, -0.2) is 39.7 Å². The number of nitrogens with two attached hydrogens (primary N) is 1. The lowest BCUT2D eigenvalue weighted by atomic mass is 9.79. The van der Waals surface area contributed by atoms with E-state index in [1.54, 1.807) is 21.7 Å². The lowest BCUT2D eigenvalue weighted by Gasteiger charge is -2.42. The van der Waals surface area contributed by atoms with Crippen LogP contribution in [0.4, 0.5) is 4.39 Å². The fraction of sp³-hybridized carbons (Fsp3) is 0.474. The Labute approximate surface area is 159 Å². The Morgan fingerprint density at radius 1 is 1.31 bits per heavy atom. The molecule has 142 valence electrons. The smallest absolute Gasteiger partial charge is 0.253 e. The molecule has 1 amide bonds. The predicted molar refractivity (Wildman–Crippen MR) is 103 cm³/mol. The summed E-state index contributed by atoms with van der Waals surface area (Å²) in [4.78, 5) is 14.5. The molecular formula is C19H26ClFN4O. The number of halogens is 2. The average Bonchev–Trinajstić information content (AvgIpc) is 2.87. The SMILES string of the molecule is Cc1cc(C)n(-c2ccc(C(=O)N3CCC(N)C(C)(C)C3)cc2F)n1.Cl. The van der Waals surface area contributed by atoms with E-state index in [1.807, 2.05) is 19.9 Å². The molecule has 2 aromatic rings. The number of hydrogen-bond donors (Lipinski definition) is 1. The van der Waals surface area contributed by atoms with Gasteiger partial charge in [-0.3, -0.25) is 4.79 Å². The van der Waals surface area contributed by atoms with Gasteiger partial charge in [-0.1, -0.05) is 13.8 Å². The predicted octanol–water partition coefficient (Wildman–Crippen LogP) is 3.25. The number of amides is 1. The van der Waals surface area contributed by atoms with Crippen LogP contribution >= 0.6 is 12.4 Å². The molecule has 1 aromatic carbocycles. The van der Waals surface area contributed by atoms with Gasteiger partial charge < -0.3 is 10.6 Å². The molecule has 0 spiro atoms. The first-order chi connectivity index (χ1) is 11.7. The zero-order valence-electron chi connectivity index (χ0n) is 15.6. The second kappa shape index (κ2) is 7.37. The molecule has 3 rings (SSSR count). The van der Waals surface area contributed by atoms with Gasteiger partial charge in [0.05, 0.1) is 5.69 Å². The van der Waals surface area contributed by atoms with Gasteiger partial charge in [0.2, 0.25) is 0 Å². The molecule has 1 aliphatic rings. The number of nitrogens with zero attached hydrogens (tertiary/aromatic N) is 3. The van der Waals surface area contributed by atoms with Crippen molar-refractivity contribution in [1.29, 1.82) is 0 Å². The second-order valence-corrected chi connectivity index (χ2v) is 7.62. The first-order valence-corrected chi connectivity index (χ1v) is 8.57. The third-order valence-electron chi connectivity index (χ3n) is 5.03. The number of benzene rings is 1. The highest BCUT2D eigenvalue weighted by Gasteiger charge is 2.35. The van der Waals surface area contributed by atoms with Crippen molar-refractivity contribution in [3.8, 4) is 5.69 Å². The molecule has 1 unspecified atom stereocenters. The summed E-state index contributed by atoms with van der Waals surface area (Å²) in [6.07, 6.45) is 0.755. The standard InChI is InChI=1S/C19H25FN4O.ClH/c1-12-9-13(2)24(22-12)16-6-5-14(10-15(16)20)18(25)23-8-7-17(21)19(3,4)11-23;/h5-6,9-10,17H,7-8,11,21H2,1-4H3;1H. The van der Waals surface area contributed by atoms with E-state index in [1.165, 1.54) is 6.07 Å². The van der Waals surface area contributed by atoms with Crippen LogP contribution in [0.5, 0.6) is 0 Å². The molecule has 1 saturated heterocycles. The van der Waals surface area contributed by atoms with Gasteiger partial charge in [-0.15, -0.1) is 12.4 Å². The normalized spacial score (nSPS) is 19.2. The van der Waals surface area contributed by atoms with Crippen molar-refractivity contribution in [1.82, 2.24) is 14.7 Å². The molecule has 0 saturated carbocycles. The van der Waals surface area contributed by atoms with Gasteiger partial charge in [0.1, 0.15) is 11.5 Å². The molecule has 2 N–H and O–H groups in total. The highest BCUT2D eigenvalue weighted by Crippen LogP contribution is 2.29. The largest absolute Gasteiger partial charge is 0.338 e. The Balaban J connectivity index is 0.00000243. The molecule has 1 fully saturated rings. The Hall–Kier alpha value is -1.92. The molecule has 1 atom stereocenters. The van der Waals surface area contributed by atoms with E-state index in [0.29, 0.717) is 24.3 Å². The fourth-order valence-electron chi connectivity index (χ4n) is 3.41. The maximum Gasteiger partial charge on any atom is 0.253 e. The third kappa shape index (κ3) is 3.76. The third-order valence-corrected chi connectivity index (χ3v) is 5.03. The van der Waals surface area contributed by atoms with Crippen LogP contribution in [0.1, 0.15) is 42.0 Å². The highest BCUT2D eigenvalue weighted by atomic mass is 35.5. The minimum Gasteiger partial charge on any atom is -0.338 e. The van der Waals surface area contributed by atoms with Gasteiger partial charge in [-0.05, 0) is 49.9 Å². The zero-order chi connectivity index (χ0) is 18.4. The van der Waals surface area contributed by atoms with E-state index in [-0.39, 0.29) is 29.8 Å². The van der Waals surface area contributed by atoms with Crippen LogP contribution in [0.2, 0.25) is 0 Å². The number of carbonyl (C=O) groups excluding carboxylic acids is 1. The number of aromatic nitrogens is 2. The summed E-state index contributed by atoms with van der Waals surface area (Å²) >= 11 is 0. The summed E-state index contributed by atoms with van der Waals surface area (Å²) in [5.74, 6) is -0.608. The number of hydrogen-bond acceptors (Lipinski definition) is 3. The molecular weight excluding hydrogens is 355 g/mol. The van der Waals surface area contributed by atoms with E-state index in [0.717, 1.165) is 17.8 Å². The second-order valence-electron chi connectivity index (χ2n) is 7.62. The van der Waals surface area contributed by atoms with Crippen LogP contribution in [0.15, 0.2) is 24.3 Å². The van der Waals surface area contributed by atoms with Crippen LogP contribution < -0.4 is 5.73 Å². The van der Waals surface area contributed by atoms with Gasteiger partial charge in [0.15, 0.2) is 0 Å². The highest BCUT2D eigenvalue weighted by molar-refractivity contribution is 5.94. The lowest BCUT2D eigenvalue weighted by molar-refractivity contribution is 0.0532. The van der Waals surface area contributed by atoms with E-state index < -0.39 is 5.82 Å². The van der Waals surface area contributed by atoms with Gasteiger partial charge in [0.25, 0.3) is 5.91 Å². The number of rotatable bonds is 2. The zero-order valence-corrected chi connectivity index (χ0v) is 16.4. The van der Waals surface area contributed by atoms with Gasteiger partial charge in [-0.25, -0.2) is 9.07 Å². The summed E-state index contributed by atoms with van der Waals surface area (Å²) in [5, 5.41) is 4.30. The summed E-state index contributed by atoms with van der Waals surface area (Å²) in [6.45, 7) is 9.03. The van der Waals surface area contributed by atoms with Crippen LogP contribution in [0.3, 0.4) is 0 Å². The van der Waals surface area contributed by atoms with Crippen LogP contribution in [-0.2, 0) is 0 Å². The Morgan fingerprint density at radius 3 is 2.54 bits per heavy atom. The van der Waals surface area contributed by atoms with Crippen molar-refractivity contribution < 1.29 is 9.18 Å². The maximum absolute atomic E-state index is 14.6. The maximum atomic E-state index is 14.6. The van der Waals surface area contributed by atoms with Crippen molar-refractivity contribution in [3.63, 3.8) is 0 Å². The molecule has 0 radical (unpaired) electrons. The molecule has 0 aliphatic carbocycles. The number of aryl methyl sites for hydroxylation is 2. The van der Waals surface area contributed by atoms with Crippen molar-refractivity contribution in [2.45, 2.75) is 40.2 Å². The molecule has 26 heavy (non-hydrogen) atoms.